The van der Waals surface area contributed by atoms with E-state index in [4.69, 9.17) is 4.42 Å². The first kappa shape index (κ1) is 11.7. The maximum Gasteiger partial charge on any atom is 0.153 e. The van der Waals surface area contributed by atoms with Crippen LogP contribution in [0.25, 0.3) is 11.0 Å². The van der Waals surface area contributed by atoms with Gasteiger partial charge in [-0.2, -0.15) is 0 Å². The normalized spacial score (nSPS) is 10.8. The van der Waals surface area contributed by atoms with Gasteiger partial charge in [0.2, 0.25) is 0 Å². The van der Waals surface area contributed by atoms with Gasteiger partial charge in [0.1, 0.15) is 17.2 Å². The van der Waals surface area contributed by atoms with Gasteiger partial charge >= 0.3 is 0 Å². The highest BCUT2D eigenvalue weighted by Crippen LogP contribution is 2.24. The number of fused-ring (bicyclic) bond motifs is 1. The first-order chi connectivity index (χ1) is 9.26. The molecule has 0 aliphatic heterocycles. The third kappa shape index (κ3) is 2.27. The van der Waals surface area contributed by atoms with E-state index in [1.165, 1.54) is 12.1 Å². The van der Waals surface area contributed by atoms with Gasteiger partial charge in [0.05, 0.1) is 5.56 Å². The zero-order chi connectivity index (χ0) is 13.2. The second-order valence-corrected chi connectivity index (χ2v) is 4.40. The molecule has 3 rings (SSSR count). The highest BCUT2D eigenvalue weighted by molar-refractivity contribution is 5.86. The highest BCUT2D eigenvalue weighted by Gasteiger charge is 2.09. The molecule has 2 nitrogen and oxygen atoms in total. The summed E-state index contributed by atoms with van der Waals surface area (Å²) in [5.41, 5.74) is 1.68. The van der Waals surface area contributed by atoms with Gasteiger partial charge in [-0.05, 0) is 23.8 Å². The van der Waals surface area contributed by atoms with E-state index in [0.717, 1.165) is 11.3 Å². The van der Waals surface area contributed by atoms with Crippen LogP contribution in [0.2, 0.25) is 0 Å². The van der Waals surface area contributed by atoms with Gasteiger partial charge in [-0.3, -0.25) is 4.79 Å². The van der Waals surface area contributed by atoms with Crippen molar-refractivity contribution in [2.24, 2.45) is 0 Å². The van der Waals surface area contributed by atoms with Crippen molar-refractivity contribution in [3.05, 3.63) is 71.2 Å². The van der Waals surface area contributed by atoms with E-state index in [1.807, 2.05) is 30.3 Å². The summed E-state index contributed by atoms with van der Waals surface area (Å²) in [4.78, 5) is 10.7. The molecule has 0 aliphatic rings. The van der Waals surface area contributed by atoms with Crippen molar-refractivity contribution in [2.45, 2.75) is 6.42 Å². The summed E-state index contributed by atoms with van der Waals surface area (Å²) in [6.07, 6.45) is 1.14. The van der Waals surface area contributed by atoms with Crippen molar-refractivity contribution in [3.8, 4) is 0 Å². The minimum absolute atomic E-state index is 0.0214. The van der Waals surface area contributed by atoms with Gasteiger partial charge in [0.25, 0.3) is 0 Å². The first-order valence-electron chi connectivity index (χ1n) is 5.97. The second-order valence-electron chi connectivity index (χ2n) is 4.40. The maximum atomic E-state index is 13.5. The zero-order valence-electron chi connectivity index (χ0n) is 10.1. The van der Waals surface area contributed by atoms with Crippen molar-refractivity contribution in [1.29, 1.82) is 0 Å². The highest BCUT2D eigenvalue weighted by atomic mass is 19.1. The number of furan rings is 1. The van der Waals surface area contributed by atoms with Crippen LogP contribution in [0.4, 0.5) is 4.39 Å². The topological polar surface area (TPSA) is 30.2 Å². The summed E-state index contributed by atoms with van der Waals surface area (Å²) in [5.74, 6) is 0.234. The summed E-state index contributed by atoms with van der Waals surface area (Å²) in [7, 11) is 0. The third-order valence-electron chi connectivity index (χ3n) is 3.03. The fraction of sp³-hybridized carbons (Fsp3) is 0.0625. The van der Waals surface area contributed by atoms with Gasteiger partial charge in [-0.25, -0.2) is 4.39 Å². The van der Waals surface area contributed by atoms with E-state index < -0.39 is 5.82 Å². The van der Waals surface area contributed by atoms with E-state index in [0.29, 0.717) is 23.7 Å². The quantitative estimate of drug-likeness (QED) is 0.662. The second kappa shape index (κ2) is 4.69. The van der Waals surface area contributed by atoms with Gasteiger partial charge in [0, 0.05) is 11.8 Å². The minimum Gasteiger partial charge on any atom is -0.461 e. The molecule has 0 N–H and O–H groups in total. The lowest BCUT2D eigenvalue weighted by Gasteiger charge is -1.96. The molecule has 0 bridgehead atoms. The van der Waals surface area contributed by atoms with Crippen LogP contribution in [-0.2, 0) is 6.42 Å². The van der Waals surface area contributed by atoms with Gasteiger partial charge < -0.3 is 4.42 Å². The fourth-order valence-electron chi connectivity index (χ4n) is 2.10. The average Bonchev–Trinajstić information content (AvgIpc) is 2.80. The predicted molar refractivity (Wildman–Crippen MR) is 70.8 cm³/mol. The lowest BCUT2D eigenvalue weighted by Crippen LogP contribution is -1.85. The molecule has 0 amide bonds. The number of benzene rings is 2. The Morgan fingerprint density at radius 3 is 2.63 bits per heavy atom. The monoisotopic (exact) mass is 254 g/mol. The molecule has 2 aromatic carbocycles. The summed E-state index contributed by atoms with van der Waals surface area (Å²) in [5, 5.41) is 0.675. The Morgan fingerprint density at radius 1 is 1.11 bits per heavy atom. The Kier molecular flexibility index (Phi) is 2.88. The fourth-order valence-corrected chi connectivity index (χ4v) is 2.10. The molecule has 0 unspecified atom stereocenters. The van der Waals surface area contributed by atoms with E-state index in [-0.39, 0.29) is 5.56 Å². The molecule has 0 radical (unpaired) electrons. The Labute approximate surface area is 109 Å². The van der Waals surface area contributed by atoms with Crippen LogP contribution in [0, 0.1) is 5.82 Å². The Bertz CT molecular complexity index is 729. The number of rotatable bonds is 3. The van der Waals surface area contributed by atoms with Crippen molar-refractivity contribution in [2.75, 3.05) is 0 Å². The van der Waals surface area contributed by atoms with Crippen LogP contribution in [0.5, 0.6) is 0 Å². The summed E-state index contributed by atoms with van der Waals surface area (Å²) in [6.45, 7) is 0. The van der Waals surface area contributed by atoms with Crippen LogP contribution in [0.1, 0.15) is 21.7 Å². The molecule has 0 saturated heterocycles. The Morgan fingerprint density at radius 2 is 1.89 bits per heavy atom. The number of carbonyl (C=O) groups is 1. The van der Waals surface area contributed by atoms with E-state index in [9.17, 15) is 9.18 Å². The van der Waals surface area contributed by atoms with E-state index in [1.54, 1.807) is 6.07 Å². The number of hydrogen-bond acceptors (Lipinski definition) is 2. The third-order valence-corrected chi connectivity index (χ3v) is 3.03. The molecule has 0 fully saturated rings. The molecule has 19 heavy (non-hydrogen) atoms. The van der Waals surface area contributed by atoms with Gasteiger partial charge in [-0.15, -0.1) is 0 Å². The lowest BCUT2D eigenvalue weighted by atomic mass is 10.1. The van der Waals surface area contributed by atoms with Gasteiger partial charge in [0.15, 0.2) is 6.29 Å². The minimum atomic E-state index is -0.519. The molecule has 0 aliphatic carbocycles. The Hall–Kier alpha value is -2.42. The smallest absolute Gasteiger partial charge is 0.153 e. The molecule has 1 heterocycles. The maximum absolute atomic E-state index is 13.5. The van der Waals surface area contributed by atoms with Crippen molar-refractivity contribution < 1.29 is 13.6 Å². The number of aldehydes is 1. The van der Waals surface area contributed by atoms with Crippen LogP contribution in [-0.4, -0.2) is 6.29 Å². The largest absolute Gasteiger partial charge is 0.461 e. The predicted octanol–water partition coefficient (Wildman–Crippen LogP) is 3.98. The summed E-state index contributed by atoms with van der Waals surface area (Å²) in [6, 6.07) is 14.5. The summed E-state index contributed by atoms with van der Waals surface area (Å²) >= 11 is 0. The number of hydrogen-bond donors (Lipinski definition) is 0. The van der Waals surface area contributed by atoms with Crippen LogP contribution in [0.3, 0.4) is 0 Å². The standard InChI is InChI=1S/C16H11FO2/c17-15-8-12-7-14(6-11-4-2-1-3-5-11)19-16(12)9-13(15)10-18/h1-5,7-10H,6H2. The zero-order valence-corrected chi connectivity index (χ0v) is 10.1. The average molecular weight is 254 g/mol. The van der Waals surface area contributed by atoms with Crippen LogP contribution in [0.15, 0.2) is 52.9 Å². The molecular weight excluding hydrogens is 243 g/mol. The first-order valence-corrected chi connectivity index (χ1v) is 5.97. The van der Waals surface area contributed by atoms with Crippen LogP contribution >= 0.6 is 0 Å². The SMILES string of the molecule is O=Cc1cc2oc(Cc3ccccc3)cc2cc1F. The Balaban J connectivity index is 2.00. The van der Waals surface area contributed by atoms with Gasteiger partial charge in [-0.1, -0.05) is 30.3 Å². The van der Waals surface area contributed by atoms with E-state index in [2.05, 4.69) is 0 Å². The summed E-state index contributed by atoms with van der Waals surface area (Å²) < 4.78 is 19.1. The molecule has 94 valence electrons. The molecule has 0 saturated carbocycles. The molecule has 3 heteroatoms. The van der Waals surface area contributed by atoms with Crippen molar-refractivity contribution in [3.63, 3.8) is 0 Å². The van der Waals surface area contributed by atoms with E-state index >= 15 is 0 Å². The lowest BCUT2D eigenvalue weighted by molar-refractivity contribution is 0.112. The number of halogens is 1. The molecular formula is C16H11FO2. The van der Waals surface area contributed by atoms with Crippen molar-refractivity contribution >= 4 is 17.3 Å². The molecule has 0 atom stereocenters. The van der Waals surface area contributed by atoms with Crippen LogP contribution < -0.4 is 0 Å². The molecule has 1 aromatic heterocycles. The number of carbonyl (C=O) groups excluding carboxylic acids is 1. The van der Waals surface area contributed by atoms with Crippen molar-refractivity contribution in [1.82, 2.24) is 0 Å². The molecule has 3 aromatic rings. The molecule has 0 spiro atoms.